The summed E-state index contributed by atoms with van der Waals surface area (Å²) < 4.78 is 2.40. The van der Waals surface area contributed by atoms with Crippen LogP contribution in [0.5, 0.6) is 0 Å². The summed E-state index contributed by atoms with van der Waals surface area (Å²) in [5.41, 5.74) is 17.7. The van der Waals surface area contributed by atoms with Crippen LogP contribution in [0.25, 0.3) is 38.6 Å². The van der Waals surface area contributed by atoms with Crippen LogP contribution in [0.1, 0.15) is 115 Å². The van der Waals surface area contributed by atoms with E-state index in [0.29, 0.717) is 11.8 Å². The first-order chi connectivity index (χ1) is 29.7. The lowest BCUT2D eigenvalue weighted by atomic mass is 9.78. The maximum Gasteiger partial charge on any atom is 0.0989 e. The van der Waals surface area contributed by atoms with Crippen LogP contribution in [-0.2, 0) is 5.41 Å². The highest BCUT2D eigenvalue weighted by Gasteiger charge is 2.53. The second-order valence-corrected chi connectivity index (χ2v) is 20.3. The molecule has 3 nitrogen and oxygen atoms in total. The monoisotopic (exact) mass is 810 g/mol. The molecule has 0 N–H and O–H groups in total. The topological polar surface area (TPSA) is 11.4 Å². The number of rotatable bonds is 8. The van der Waals surface area contributed by atoms with Crippen molar-refractivity contribution in [1.29, 1.82) is 0 Å². The molecule has 0 atom stereocenters. The van der Waals surface area contributed by atoms with Crippen molar-refractivity contribution in [2.45, 2.75) is 98.4 Å². The van der Waals surface area contributed by atoms with Crippen molar-refractivity contribution in [3.05, 3.63) is 192 Å². The quantitative estimate of drug-likeness (QED) is 0.151. The van der Waals surface area contributed by atoms with Crippen molar-refractivity contribution in [3.63, 3.8) is 0 Å². The summed E-state index contributed by atoms with van der Waals surface area (Å²) in [6.07, 6.45) is 1.07. The number of hydrogen-bond acceptors (Lipinski definition) is 2. The number of nitrogens with zero attached hydrogens (tertiary/aromatic N) is 3. The fraction of sp³-hybridized carbons (Fsp3) is 0.271. The molecule has 7 aromatic carbocycles. The van der Waals surface area contributed by atoms with Crippen molar-refractivity contribution in [2.75, 3.05) is 9.80 Å². The summed E-state index contributed by atoms with van der Waals surface area (Å²) in [6.45, 7) is 23.9. The highest BCUT2D eigenvalue weighted by molar-refractivity contribution is 6.10. The lowest BCUT2D eigenvalue weighted by molar-refractivity contribution is 0.376. The Kier molecular flexibility index (Phi) is 9.37. The third-order valence-electron chi connectivity index (χ3n) is 14.1. The molecule has 62 heavy (non-hydrogen) atoms. The molecule has 0 bridgehead atoms. The Balaban J connectivity index is 1.15. The molecule has 3 heteroatoms. The number of fused-ring (bicyclic) bond motifs is 6. The van der Waals surface area contributed by atoms with E-state index in [1.807, 2.05) is 0 Å². The molecule has 1 aromatic heterocycles. The van der Waals surface area contributed by atoms with Gasteiger partial charge in [0.1, 0.15) is 0 Å². The van der Waals surface area contributed by atoms with E-state index in [-0.39, 0.29) is 16.4 Å². The van der Waals surface area contributed by atoms with Gasteiger partial charge in [-0.05, 0) is 137 Å². The van der Waals surface area contributed by atoms with Crippen LogP contribution in [0.4, 0.5) is 22.7 Å². The van der Waals surface area contributed by atoms with E-state index in [1.165, 1.54) is 78.2 Å². The van der Waals surface area contributed by atoms with Crippen LogP contribution in [0.2, 0.25) is 0 Å². The van der Waals surface area contributed by atoms with E-state index in [9.17, 15) is 0 Å². The van der Waals surface area contributed by atoms with Gasteiger partial charge < -0.3 is 14.4 Å². The molecule has 1 aliphatic heterocycles. The van der Waals surface area contributed by atoms with E-state index in [2.05, 4.69) is 241 Å². The predicted octanol–water partition coefficient (Wildman–Crippen LogP) is 16.4. The highest BCUT2D eigenvalue weighted by atomic mass is 15.3. The van der Waals surface area contributed by atoms with Crippen molar-refractivity contribution >= 4 is 44.6 Å². The zero-order valence-electron chi connectivity index (χ0n) is 38.2. The van der Waals surface area contributed by atoms with Crippen molar-refractivity contribution < 1.29 is 0 Å². The first kappa shape index (κ1) is 40.0. The van der Waals surface area contributed by atoms with Crippen LogP contribution in [0.15, 0.2) is 158 Å². The fourth-order valence-corrected chi connectivity index (χ4v) is 11.6. The van der Waals surface area contributed by atoms with Gasteiger partial charge in [0, 0.05) is 50.2 Å². The normalized spacial score (nSPS) is 16.4. The van der Waals surface area contributed by atoms with Gasteiger partial charge in [0.25, 0.3) is 0 Å². The maximum absolute atomic E-state index is 2.74. The maximum atomic E-state index is 2.74. The Labute approximate surface area is 369 Å². The van der Waals surface area contributed by atoms with Gasteiger partial charge in [-0.2, -0.15) is 0 Å². The molecule has 10 rings (SSSR count). The van der Waals surface area contributed by atoms with Crippen molar-refractivity contribution in [1.82, 2.24) is 4.57 Å². The first-order valence-corrected chi connectivity index (χ1v) is 22.7. The first-order valence-electron chi connectivity index (χ1n) is 22.7. The van der Waals surface area contributed by atoms with Crippen LogP contribution in [0, 0.1) is 11.5 Å². The Morgan fingerprint density at radius 2 is 1.08 bits per heavy atom. The number of hydrogen-bond donors (Lipinski definition) is 0. The molecule has 0 spiro atoms. The third-order valence-corrected chi connectivity index (χ3v) is 14.1. The smallest absolute Gasteiger partial charge is 0.0989 e. The summed E-state index contributed by atoms with van der Waals surface area (Å²) in [4.78, 5) is 5.22. The fourth-order valence-electron chi connectivity index (χ4n) is 11.6. The highest BCUT2D eigenvalue weighted by Crippen LogP contribution is 2.58. The number of anilines is 4. The van der Waals surface area contributed by atoms with Crippen molar-refractivity contribution in [3.8, 4) is 16.8 Å². The van der Waals surface area contributed by atoms with Crippen LogP contribution in [0.3, 0.4) is 0 Å². The molecule has 1 saturated heterocycles. The zero-order chi connectivity index (χ0) is 43.3. The van der Waals surface area contributed by atoms with E-state index in [0.717, 1.165) is 23.5 Å². The molecule has 8 aromatic rings. The Morgan fingerprint density at radius 3 is 1.79 bits per heavy atom. The Hall–Kier alpha value is -6.06. The average Bonchev–Trinajstić information content (AvgIpc) is 3.78. The van der Waals surface area contributed by atoms with E-state index in [1.54, 1.807) is 0 Å². The predicted molar refractivity (Wildman–Crippen MR) is 265 cm³/mol. The molecule has 0 amide bonds. The van der Waals surface area contributed by atoms with E-state index in [4.69, 9.17) is 0 Å². The van der Waals surface area contributed by atoms with Crippen LogP contribution < -0.4 is 9.80 Å². The van der Waals surface area contributed by atoms with E-state index >= 15 is 0 Å². The minimum atomic E-state index is -0.118. The molecule has 2 heterocycles. The third kappa shape index (κ3) is 6.22. The minimum absolute atomic E-state index is 0.0401. The zero-order valence-corrected chi connectivity index (χ0v) is 38.2. The Morgan fingerprint density at radius 1 is 0.500 bits per heavy atom. The van der Waals surface area contributed by atoms with Gasteiger partial charge in [0.2, 0.25) is 0 Å². The summed E-state index contributed by atoms with van der Waals surface area (Å²) in [7, 11) is 0. The molecule has 311 valence electrons. The largest absolute Gasteiger partial charge is 0.353 e. The summed E-state index contributed by atoms with van der Waals surface area (Å²) >= 11 is 0. The Bertz CT molecular complexity index is 2950. The second-order valence-electron chi connectivity index (χ2n) is 20.3. The molecule has 1 radical (unpaired) electrons. The van der Waals surface area contributed by atoms with Crippen LogP contribution >= 0.6 is 0 Å². The number of benzene rings is 7. The van der Waals surface area contributed by atoms with Gasteiger partial charge in [0.15, 0.2) is 0 Å². The summed E-state index contributed by atoms with van der Waals surface area (Å²) in [5.74, 6) is 0.814. The van der Waals surface area contributed by atoms with Gasteiger partial charge in [-0.1, -0.05) is 152 Å². The standard InChI is InChI=1S/C59H60N3/c1-38(2)45-23-18-24-46(39(3)4)55(45)62-56(57(5,6)37-58(62,7)8)40-27-29-42(30-28-40)60(44-31-33-48-47-21-14-16-25-51(47)59(9,10)52(48)36-44)43-32-34-54-50(35-43)49-22-15-17-26-53(49)61(54)41-19-12-11-13-20-41/h11-36,38-39H,37H2,1-10H3. The van der Waals surface area contributed by atoms with Gasteiger partial charge in [-0.25, -0.2) is 0 Å². The van der Waals surface area contributed by atoms with Gasteiger partial charge in [0.05, 0.1) is 17.1 Å². The number of para-hydroxylation sites is 3. The molecule has 0 unspecified atom stereocenters. The lowest BCUT2D eigenvalue weighted by Crippen LogP contribution is -2.42. The SMILES string of the molecule is CC(C)c1cccc(C(C)C)c1N1[C](c2ccc(N(c3ccc4c(c3)C(C)(C)c3ccccc3-4)c3ccc4c(c3)c3ccccc3n4-c3ccccc3)cc2)C(C)(C)CC1(C)C. The van der Waals surface area contributed by atoms with Gasteiger partial charge >= 0.3 is 0 Å². The summed E-state index contributed by atoms with van der Waals surface area (Å²) in [6, 6.07) is 60.6. The molecule has 2 aliphatic rings. The molecular weight excluding hydrogens is 751 g/mol. The van der Waals surface area contributed by atoms with E-state index < -0.39 is 0 Å². The molecular formula is C59H60N3. The lowest BCUT2D eigenvalue weighted by Gasteiger charge is -2.42. The van der Waals surface area contributed by atoms with Gasteiger partial charge in [-0.15, -0.1) is 0 Å². The molecule has 0 saturated carbocycles. The molecule has 1 fully saturated rings. The van der Waals surface area contributed by atoms with Crippen LogP contribution in [-0.4, -0.2) is 10.1 Å². The summed E-state index contributed by atoms with van der Waals surface area (Å²) in [5, 5.41) is 2.49. The number of aromatic nitrogens is 1. The molecule has 1 aliphatic carbocycles. The van der Waals surface area contributed by atoms with Gasteiger partial charge in [-0.3, -0.25) is 0 Å². The second kappa shape index (κ2) is 14.5. The average molecular weight is 811 g/mol. The minimum Gasteiger partial charge on any atom is -0.353 e. The van der Waals surface area contributed by atoms with Crippen molar-refractivity contribution in [2.24, 2.45) is 5.41 Å².